The lowest BCUT2D eigenvalue weighted by Gasteiger charge is -2.12. The second kappa shape index (κ2) is 4.56. The first kappa shape index (κ1) is 11.6. The monoisotopic (exact) mass is 203 g/mol. The van der Waals surface area contributed by atoms with Crippen molar-refractivity contribution in [2.45, 2.75) is 11.3 Å². The number of carbonyl (C=O) groups is 1. The molecule has 0 rings (SSSR count). The SMILES string of the molecule is N[C@@H](CSC(F)(F)CF)C(=O)O. The summed E-state index contributed by atoms with van der Waals surface area (Å²) in [7, 11) is 0. The minimum atomic E-state index is -3.53. The topological polar surface area (TPSA) is 63.3 Å². The molecule has 0 unspecified atom stereocenters. The number of thioether (sulfide) groups is 1. The van der Waals surface area contributed by atoms with Crippen LogP contribution < -0.4 is 5.73 Å². The van der Waals surface area contributed by atoms with E-state index >= 15 is 0 Å². The maximum atomic E-state index is 12.1. The van der Waals surface area contributed by atoms with E-state index in [0.717, 1.165) is 0 Å². The fourth-order valence-electron chi connectivity index (χ4n) is 0.322. The molecule has 72 valence electrons. The van der Waals surface area contributed by atoms with E-state index in [4.69, 9.17) is 10.8 Å². The highest BCUT2D eigenvalue weighted by Crippen LogP contribution is 2.29. The first-order valence-corrected chi connectivity index (χ1v) is 3.94. The van der Waals surface area contributed by atoms with Crippen LogP contribution in [0.25, 0.3) is 0 Å². The minimum absolute atomic E-state index is 0.0990. The van der Waals surface area contributed by atoms with Gasteiger partial charge in [-0.2, -0.15) is 8.78 Å². The van der Waals surface area contributed by atoms with Crippen molar-refractivity contribution in [1.82, 2.24) is 0 Å². The summed E-state index contributed by atoms with van der Waals surface area (Å²) in [4.78, 5) is 10.0. The number of alkyl halides is 3. The van der Waals surface area contributed by atoms with Crippen LogP contribution in [0.15, 0.2) is 0 Å². The van der Waals surface area contributed by atoms with Gasteiger partial charge in [0.2, 0.25) is 0 Å². The molecule has 0 aliphatic rings. The van der Waals surface area contributed by atoms with E-state index in [0.29, 0.717) is 0 Å². The normalized spacial score (nSPS) is 14.3. The van der Waals surface area contributed by atoms with E-state index in [1.165, 1.54) is 0 Å². The van der Waals surface area contributed by atoms with Crippen LogP contribution in [0.5, 0.6) is 0 Å². The second-order valence-electron chi connectivity index (χ2n) is 2.03. The van der Waals surface area contributed by atoms with Gasteiger partial charge in [0.1, 0.15) is 6.04 Å². The second-order valence-corrected chi connectivity index (χ2v) is 3.25. The van der Waals surface area contributed by atoms with Gasteiger partial charge >= 0.3 is 11.2 Å². The Morgan fingerprint density at radius 1 is 1.67 bits per heavy atom. The molecule has 0 spiro atoms. The molecule has 0 radical (unpaired) electrons. The molecule has 0 fully saturated rings. The van der Waals surface area contributed by atoms with Gasteiger partial charge < -0.3 is 10.8 Å². The van der Waals surface area contributed by atoms with Crippen LogP contribution in [-0.4, -0.2) is 34.8 Å². The highest BCUT2D eigenvalue weighted by molar-refractivity contribution is 8.00. The first-order chi connectivity index (χ1) is 5.39. The first-order valence-electron chi connectivity index (χ1n) is 2.95. The van der Waals surface area contributed by atoms with Crippen molar-refractivity contribution in [3.63, 3.8) is 0 Å². The summed E-state index contributed by atoms with van der Waals surface area (Å²) in [5, 5.41) is 4.64. The molecule has 1 atom stereocenters. The van der Waals surface area contributed by atoms with E-state index < -0.39 is 29.7 Å². The zero-order chi connectivity index (χ0) is 9.78. The van der Waals surface area contributed by atoms with Gasteiger partial charge in [0, 0.05) is 5.75 Å². The van der Waals surface area contributed by atoms with Gasteiger partial charge in [-0.25, -0.2) is 4.39 Å². The Morgan fingerprint density at radius 2 is 2.17 bits per heavy atom. The molecular formula is C5H8F3NO2S. The Morgan fingerprint density at radius 3 is 2.50 bits per heavy atom. The molecule has 0 saturated carbocycles. The van der Waals surface area contributed by atoms with Gasteiger partial charge in [0.05, 0.1) is 0 Å². The van der Waals surface area contributed by atoms with Gasteiger partial charge in [-0.1, -0.05) is 11.8 Å². The quantitative estimate of drug-likeness (QED) is 0.690. The number of hydrogen-bond donors (Lipinski definition) is 2. The van der Waals surface area contributed by atoms with Gasteiger partial charge in [-0.15, -0.1) is 0 Å². The van der Waals surface area contributed by atoms with E-state index in [1.807, 2.05) is 0 Å². The van der Waals surface area contributed by atoms with Crippen molar-refractivity contribution in [1.29, 1.82) is 0 Å². The number of rotatable bonds is 5. The predicted octanol–water partition coefficient (Wildman–Crippen LogP) is 0.694. The zero-order valence-corrected chi connectivity index (χ0v) is 6.78. The third-order valence-electron chi connectivity index (χ3n) is 0.947. The summed E-state index contributed by atoms with van der Waals surface area (Å²) in [5.41, 5.74) is 4.90. The maximum Gasteiger partial charge on any atom is 0.321 e. The Bertz CT molecular complexity index is 167. The van der Waals surface area contributed by atoms with Crippen LogP contribution in [0.4, 0.5) is 13.2 Å². The van der Waals surface area contributed by atoms with E-state index in [1.54, 1.807) is 0 Å². The van der Waals surface area contributed by atoms with Crippen molar-refractivity contribution >= 4 is 17.7 Å². The van der Waals surface area contributed by atoms with Crippen molar-refractivity contribution in [3.05, 3.63) is 0 Å². The van der Waals surface area contributed by atoms with Crippen LogP contribution in [0.3, 0.4) is 0 Å². The van der Waals surface area contributed by atoms with Gasteiger partial charge in [-0.05, 0) is 0 Å². The van der Waals surface area contributed by atoms with E-state index in [-0.39, 0.29) is 11.8 Å². The van der Waals surface area contributed by atoms with Crippen molar-refractivity contribution in [3.8, 4) is 0 Å². The molecule has 3 N–H and O–H groups in total. The van der Waals surface area contributed by atoms with Gasteiger partial charge in [0.25, 0.3) is 0 Å². The van der Waals surface area contributed by atoms with Crippen LogP contribution >= 0.6 is 11.8 Å². The lowest BCUT2D eigenvalue weighted by molar-refractivity contribution is -0.137. The fraction of sp³-hybridized carbons (Fsp3) is 0.800. The lowest BCUT2D eigenvalue weighted by Crippen LogP contribution is -2.34. The van der Waals surface area contributed by atoms with Crippen molar-refractivity contribution < 1.29 is 23.1 Å². The molecule has 3 nitrogen and oxygen atoms in total. The Hall–Kier alpha value is -0.430. The number of halogens is 3. The summed E-state index contributed by atoms with van der Waals surface area (Å²) in [5.74, 6) is -1.89. The largest absolute Gasteiger partial charge is 0.480 e. The summed E-state index contributed by atoms with van der Waals surface area (Å²) in [6.45, 7) is -1.82. The van der Waals surface area contributed by atoms with Gasteiger partial charge in [-0.3, -0.25) is 4.79 Å². The van der Waals surface area contributed by atoms with E-state index in [2.05, 4.69) is 0 Å². The molecule has 0 saturated heterocycles. The van der Waals surface area contributed by atoms with Crippen LogP contribution in [0, 0.1) is 0 Å². The summed E-state index contributed by atoms with van der Waals surface area (Å²) in [6, 6.07) is -1.38. The molecule has 0 bridgehead atoms. The Kier molecular flexibility index (Phi) is 4.40. The molecule has 0 heterocycles. The van der Waals surface area contributed by atoms with Crippen LogP contribution in [0.2, 0.25) is 0 Å². The summed E-state index contributed by atoms with van der Waals surface area (Å²) >= 11 is -0.0990. The minimum Gasteiger partial charge on any atom is -0.480 e. The standard InChI is InChI=1S/C5H8F3NO2S/c6-2-5(7,8)12-1-3(9)4(10)11/h3H,1-2,9H2,(H,10,11)/t3-/m0/s1. The summed E-state index contributed by atoms with van der Waals surface area (Å²) in [6.07, 6.45) is 0. The average Bonchev–Trinajstić information content (AvgIpc) is 2.00. The molecule has 0 aliphatic carbocycles. The molecule has 0 aromatic rings. The highest BCUT2D eigenvalue weighted by atomic mass is 32.2. The van der Waals surface area contributed by atoms with Crippen LogP contribution in [0.1, 0.15) is 0 Å². The number of carboxylic acids is 1. The number of carboxylic acid groups (broad SMARTS) is 1. The Balaban J connectivity index is 3.75. The third kappa shape index (κ3) is 4.45. The lowest BCUT2D eigenvalue weighted by atomic mass is 10.4. The molecule has 0 aromatic heterocycles. The average molecular weight is 203 g/mol. The Labute approximate surface area is 71.1 Å². The zero-order valence-electron chi connectivity index (χ0n) is 5.97. The van der Waals surface area contributed by atoms with Crippen molar-refractivity contribution in [2.75, 3.05) is 12.4 Å². The molecule has 0 aliphatic heterocycles. The number of hydrogen-bond acceptors (Lipinski definition) is 3. The molecular weight excluding hydrogens is 195 g/mol. The third-order valence-corrected chi connectivity index (χ3v) is 2.00. The predicted molar refractivity (Wildman–Crippen MR) is 39.0 cm³/mol. The van der Waals surface area contributed by atoms with Crippen LogP contribution in [-0.2, 0) is 4.79 Å². The molecule has 12 heavy (non-hydrogen) atoms. The summed E-state index contributed by atoms with van der Waals surface area (Å²) < 4.78 is 35.7. The van der Waals surface area contributed by atoms with Crippen molar-refractivity contribution in [2.24, 2.45) is 5.73 Å². The number of nitrogens with two attached hydrogens (primary N) is 1. The molecule has 7 heteroatoms. The van der Waals surface area contributed by atoms with E-state index in [9.17, 15) is 18.0 Å². The molecule has 0 amide bonds. The maximum absolute atomic E-state index is 12.1. The smallest absolute Gasteiger partial charge is 0.321 e. The molecule has 0 aromatic carbocycles. The highest BCUT2D eigenvalue weighted by Gasteiger charge is 2.31. The number of aliphatic carboxylic acids is 1. The fourth-order valence-corrected chi connectivity index (χ4v) is 0.965. The van der Waals surface area contributed by atoms with Gasteiger partial charge in [0.15, 0.2) is 6.67 Å².